The Hall–Kier alpha value is -0.963. The van der Waals surface area contributed by atoms with Gasteiger partial charge in [0.05, 0.1) is 13.2 Å². The van der Waals surface area contributed by atoms with Crippen molar-refractivity contribution in [1.82, 2.24) is 5.06 Å². The fraction of sp³-hybridized carbons (Fsp3) is 0.857. The van der Waals surface area contributed by atoms with Gasteiger partial charge in [-0.2, -0.15) is 0 Å². The van der Waals surface area contributed by atoms with Gasteiger partial charge in [-0.1, -0.05) is 20.8 Å². The summed E-state index contributed by atoms with van der Waals surface area (Å²) in [5.41, 5.74) is 3.70. The molecule has 0 aromatic heterocycles. The topological polar surface area (TPSA) is 94.4 Å². The van der Waals surface area contributed by atoms with E-state index in [4.69, 9.17) is 19.7 Å². The highest BCUT2D eigenvalue weighted by Gasteiger charge is 2.71. The molecule has 2 amide bonds. The molecule has 0 aromatic carbocycles. The van der Waals surface area contributed by atoms with Crippen LogP contribution in [0.4, 0.5) is 0 Å². The Balaban J connectivity index is 2.91. The third kappa shape index (κ3) is 3.19. The molecule has 0 aromatic rings. The third-order valence-electron chi connectivity index (χ3n) is 4.61. The number of hydroxylamine groups is 2. The maximum absolute atomic E-state index is 12.3. The molecular weight excluding hydrogens is 304 g/mol. The average Bonchev–Trinajstić information content (AvgIpc) is 3.11. The zero-order valence-electron chi connectivity index (χ0n) is 14.7. The van der Waals surface area contributed by atoms with E-state index in [1.165, 1.54) is 14.2 Å². The Bertz CT molecular complexity index is 463. The summed E-state index contributed by atoms with van der Waals surface area (Å²) < 4.78 is 11.6. The molecular formula is C14H28N2O5Si. The standard InChI is InChI=1S/C14H28N2O5Si/c1-9(21-22(7,8)13(2,3)4)10-14(20-10,11(15)17)12(18)16(5)19-6/h9-10H,1-8H3,(H2,15,17)/t9-,10+,14?/m1/s1. The molecule has 1 saturated heterocycles. The number of nitrogens with two attached hydrogens (primary N) is 1. The Labute approximate surface area is 133 Å². The van der Waals surface area contributed by atoms with Crippen molar-refractivity contribution in [3.63, 3.8) is 0 Å². The first-order chi connectivity index (χ1) is 9.81. The average molecular weight is 332 g/mol. The van der Waals surface area contributed by atoms with E-state index in [9.17, 15) is 9.59 Å². The lowest BCUT2D eigenvalue weighted by Crippen LogP contribution is -2.51. The second kappa shape index (κ2) is 5.92. The molecule has 1 aliphatic heterocycles. The SMILES string of the molecule is CON(C)C(=O)C1(C(N)=O)O[C@H]1[C@@H](C)O[Si](C)(C)C(C)(C)C. The van der Waals surface area contributed by atoms with Gasteiger partial charge in [0.25, 0.3) is 17.4 Å². The zero-order valence-corrected chi connectivity index (χ0v) is 15.7. The molecule has 0 saturated carbocycles. The first-order valence-corrected chi connectivity index (χ1v) is 10.2. The number of primary amides is 1. The second-order valence-electron chi connectivity index (χ2n) is 7.21. The summed E-state index contributed by atoms with van der Waals surface area (Å²) in [5, 5.41) is 0.961. The fourth-order valence-electron chi connectivity index (χ4n) is 2.09. The van der Waals surface area contributed by atoms with Gasteiger partial charge in [0.15, 0.2) is 8.32 Å². The molecule has 0 spiro atoms. The van der Waals surface area contributed by atoms with Crippen LogP contribution < -0.4 is 5.73 Å². The number of hydrogen-bond donors (Lipinski definition) is 1. The molecule has 1 aliphatic rings. The highest BCUT2D eigenvalue weighted by molar-refractivity contribution is 6.74. The molecule has 128 valence electrons. The van der Waals surface area contributed by atoms with Gasteiger partial charge in [0, 0.05) is 7.05 Å². The van der Waals surface area contributed by atoms with Gasteiger partial charge in [0.1, 0.15) is 6.10 Å². The lowest BCUT2D eigenvalue weighted by molar-refractivity contribution is -0.175. The number of carbonyl (C=O) groups is 2. The summed E-state index contributed by atoms with van der Waals surface area (Å²) in [6.07, 6.45) is -1.10. The molecule has 3 atom stereocenters. The molecule has 1 fully saturated rings. The lowest BCUT2D eigenvalue weighted by atomic mass is 10.0. The van der Waals surface area contributed by atoms with Gasteiger partial charge < -0.3 is 14.9 Å². The Morgan fingerprint density at radius 1 is 1.36 bits per heavy atom. The normalized spacial score (nSPS) is 26.5. The molecule has 2 N–H and O–H groups in total. The molecule has 1 unspecified atom stereocenters. The van der Waals surface area contributed by atoms with E-state index in [2.05, 4.69) is 33.9 Å². The van der Waals surface area contributed by atoms with Crippen molar-refractivity contribution in [2.75, 3.05) is 14.2 Å². The van der Waals surface area contributed by atoms with Crippen LogP contribution in [0, 0.1) is 0 Å². The number of likely N-dealkylation sites (N-methyl/N-ethyl adjacent to an activating group) is 1. The maximum atomic E-state index is 12.3. The summed E-state index contributed by atoms with van der Waals surface area (Å²) in [6, 6.07) is 0. The second-order valence-corrected chi connectivity index (χ2v) is 12.0. The zero-order chi connectivity index (χ0) is 17.5. The first-order valence-electron chi connectivity index (χ1n) is 7.29. The Morgan fingerprint density at radius 3 is 2.23 bits per heavy atom. The number of amides is 2. The van der Waals surface area contributed by atoms with E-state index >= 15 is 0 Å². The van der Waals surface area contributed by atoms with Crippen molar-refractivity contribution < 1.29 is 23.6 Å². The lowest BCUT2D eigenvalue weighted by Gasteiger charge is -2.38. The van der Waals surface area contributed by atoms with E-state index in [1.54, 1.807) is 6.92 Å². The highest BCUT2D eigenvalue weighted by atomic mass is 28.4. The quantitative estimate of drug-likeness (QED) is 0.339. The van der Waals surface area contributed by atoms with Crippen LogP contribution in [0.2, 0.25) is 18.1 Å². The Morgan fingerprint density at radius 2 is 1.86 bits per heavy atom. The van der Waals surface area contributed by atoms with Crippen molar-refractivity contribution in [2.45, 2.75) is 63.6 Å². The van der Waals surface area contributed by atoms with Gasteiger partial charge >= 0.3 is 0 Å². The minimum absolute atomic E-state index is 0.0128. The minimum Gasteiger partial charge on any atom is -0.411 e. The molecule has 22 heavy (non-hydrogen) atoms. The van der Waals surface area contributed by atoms with Crippen molar-refractivity contribution in [2.24, 2.45) is 5.73 Å². The molecule has 0 bridgehead atoms. The van der Waals surface area contributed by atoms with Gasteiger partial charge in [-0.3, -0.25) is 14.4 Å². The molecule has 8 heteroatoms. The van der Waals surface area contributed by atoms with E-state index < -0.39 is 37.9 Å². The van der Waals surface area contributed by atoms with Crippen molar-refractivity contribution in [3.8, 4) is 0 Å². The van der Waals surface area contributed by atoms with Crippen LogP contribution in [0.5, 0.6) is 0 Å². The van der Waals surface area contributed by atoms with E-state index in [0.717, 1.165) is 5.06 Å². The predicted molar refractivity (Wildman–Crippen MR) is 84.3 cm³/mol. The minimum atomic E-state index is -2.05. The molecule has 7 nitrogen and oxygen atoms in total. The number of ether oxygens (including phenoxy) is 1. The van der Waals surface area contributed by atoms with E-state index in [0.29, 0.717) is 0 Å². The summed E-state index contributed by atoms with van der Waals surface area (Å²) in [6.45, 7) is 12.3. The van der Waals surface area contributed by atoms with Crippen LogP contribution in [0.25, 0.3) is 0 Å². The highest BCUT2D eigenvalue weighted by Crippen LogP contribution is 2.44. The van der Waals surface area contributed by atoms with Crippen LogP contribution in [0.1, 0.15) is 27.7 Å². The number of carbonyl (C=O) groups excluding carboxylic acids is 2. The summed E-state index contributed by atoms with van der Waals surface area (Å²) in [7, 11) is 0.694. The van der Waals surface area contributed by atoms with Crippen LogP contribution in [0.3, 0.4) is 0 Å². The molecule has 0 aliphatic carbocycles. The molecule has 1 rings (SSSR count). The summed E-state index contributed by atoms with van der Waals surface area (Å²) in [4.78, 5) is 28.9. The van der Waals surface area contributed by atoms with Crippen molar-refractivity contribution in [1.29, 1.82) is 0 Å². The van der Waals surface area contributed by atoms with Crippen LogP contribution in [-0.4, -0.2) is 57.2 Å². The summed E-state index contributed by atoms with van der Waals surface area (Å²) >= 11 is 0. The Kier molecular flexibility index (Phi) is 5.13. The summed E-state index contributed by atoms with van der Waals surface area (Å²) in [5.74, 6) is -1.43. The van der Waals surface area contributed by atoms with Gasteiger partial charge in [-0.05, 0) is 25.1 Å². The third-order valence-corrected chi connectivity index (χ3v) is 9.19. The monoisotopic (exact) mass is 332 g/mol. The smallest absolute Gasteiger partial charge is 0.290 e. The van der Waals surface area contributed by atoms with E-state index in [-0.39, 0.29) is 5.04 Å². The van der Waals surface area contributed by atoms with E-state index in [1.807, 2.05) is 0 Å². The largest absolute Gasteiger partial charge is 0.411 e. The van der Waals surface area contributed by atoms with Crippen molar-refractivity contribution in [3.05, 3.63) is 0 Å². The van der Waals surface area contributed by atoms with Crippen LogP contribution >= 0.6 is 0 Å². The number of nitrogens with zero attached hydrogens (tertiary/aromatic N) is 1. The predicted octanol–water partition coefficient (Wildman–Crippen LogP) is 1.04. The first kappa shape index (κ1) is 19.1. The number of hydrogen-bond acceptors (Lipinski definition) is 5. The maximum Gasteiger partial charge on any atom is 0.290 e. The van der Waals surface area contributed by atoms with Gasteiger partial charge in [-0.25, -0.2) is 5.06 Å². The fourth-order valence-corrected chi connectivity index (χ4v) is 3.50. The van der Waals surface area contributed by atoms with Gasteiger partial charge in [0.2, 0.25) is 0 Å². The van der Waals surface area contributed by atoms with Crippen LogP contribution in [0.15, 0.2) is 0 Å². The number of rotatable bonds is 6. The molecule has 0 radical (unpaired) electrons. The van der Waals surface area contributed by atoms with Gasteiger partial charge in [-0.15, -0.1) is 0 Å². The van der Waals surface area contributed by atoms with Crippen molar-refractivity contribution >= 4 is 20.1 Å². The number of epoxide rings is 1. The van der Waals surface area contributed by atoms with Crippen LogP contribution in [-0.2, 0) is 23.6 Å². The molecule has 1 heterocycles.